The zero-order valence-electron chi connectivity index (χ0n) is 8.62. The molecule has 0 saturated carbocycles. The first-order valence-corrected chi connectivity index (χ1v) is 4.25. The Morgan fingerprint density at radius 2 is 2.00 bits per heavy atom. The number of halogens is 2. The van der Waals surface area contributed by atoms with E-state index in [4.69, 9.17) is 5.41 Å². The van der Waals surface area contributed by atoms with Crippen LogP contribution in [0.2, 0.25) is 0 Å². The molecule has 16 heavy (non-hydrogen) atoms. The molecule has 0 aromatic heterocycles. The van der Waals surface area contributed by atoms with Crippen LogP contribution < -0.4 is 0 Å². The van der Waals surface area contributed by atoms with Crippen LogP contribution in [0.4, 0.5) is 14.5 Å². The van der Waals surface area contributed by atoms with Crippen molar-refractivity contribution in [2.45, 2.75) is 0 Å². The van der Waals surface area contributed by atoms with Crippen molar-refractivity contribution in [1.29, 1.82) is 5.41 Å². The standard InChI is InChI=1S/C9H9F2N3O2/c1-13(2)9(12)7-5(10)3-4-6(8(7)11)14(15)16/h3-4,12H,1-2H3. The van der Waals surface area contributed by atoms with E-state index in [9.17, 15) is 18.9 Å². The summed E-state index contributed by atoms with van der Waals surface area (Å²) in [5, 5.41) is 17.9. The van der Waals surface area contributed by atoms with E-state index in [2.05, 4.69) is 0 Å². The third-order valence-electron chi connectivity index (χ3n) is 1.95. The summed E-state index contributed by atoms with van der Waals surface area (Å²) < 4.78 is 26.8. The number of nitrogens with one attached hydrogen (secondary N) is 1. The molecule has 0 aliphatic heterocycles. The lowest BCUT2D eigenvalue weighted by Gasteiger charge is -2.14. The largest absolute Gasteiger partial charge is 0.363 e. The van der Waals surface area contributed by atoms with Crippen molar-refractivity contribution >= 4 is 11.5 Å². The van der Waals surface area contributed by atoms with E-state index in [1.807, 2.05) is 0 Å². The third-order valence-corrected chi connectivity index (χ3v) is 1.95. The van der Waals surface area contributed by atoms with Gasteiger partial charge in [-0.1, -0.05) is 0 Å². The van der Waals surface area contributed by atoms with Crippen molar-refractivity contribution < 1.29 is 13.7 Å². The van der Waals surface area contributed by atoms with Gasteiger partial charge in [-0.3, -0.25) is 15.5 Å². The monoisotopic (exact) mass is 229 g/mol. The Bertz CT molecular complexity index is 460. The van der Waals surface area contributed by atoms with Crippen LogP contribution in [0.1, 0.15) is 5.56 Å². The van der Waals surface area contributed by atoms with Crippen molar-refractivity contribution in [3.8, 4) is 0 Å². The van der Waals surface area contributed by atoms with Crippen LogP contribution in [-0.2, 0) is 0 Å². The van der Waals surface area contributed by atoms with Crippen molar-refractivity contribution in [3.63, 3.8) is 0 Å². The van der Waals surface area contributed by atoms with Gasteiger partial charge in [0, 0.05) is 20.2 Å². The van der Waals surface area contributed by atoms with Crippen LogP contribution in [0, 0.1) is 27.2 Å². The number of hydrogen-bond donors (Lipinski definition) is 1. The quantitative estimate of drug-likeness (QED) is 0.363. The molecule has 0 amide bonds. The third kappa shape index (κ3) is 1.97. The molecular weight excluding hydrogens is 220 g/mol. The van der Waals surface area contributed by atoms with Gasteiger partial charge in [-0.2, -0.15) is 4.39 Å². The average Bonchev–Trinajstić information content (AvgIpc) is 2.16. The summed E-state index contributed by atoms with van der Waals surface area (Å²) >= 11 is 0. The Kier molecular flexibility index (Phi) is 3.17. The van der Waals surface area contributed by atoms with Gasteiger partial charge in [-0.05, 0) is 6.07 Å². The van der Waals surface area contributed by atoms with Gasteiger partial charge in [-0.15, -0.1) is 0 Å². The first kappa shape index (κ1) is 12.0. The summed E-state index contributed by atoms with van der Waals surface area (Å²) in [7, 11) is 2.83. The van der Waals surface area contributed by atoms with E-state index in [0.717, 1.165) is 17.0 Å². The molecule has 0 saturated heterocycles. The van der Waals surface area contributed by atoms with Gasteiger partial charge < -0.3 is 4.90 Å². The van der Waals surface area contributed by atoms with Crippen LogP contribution in [0.25, 0.3) is 0 Å². The first-order chi connectivity index (χ1) is 7.36. The maximum atomic E-state index is 13.5. The number of nitro benzene ring substituents is 1. The molecule has 0 unspecified atom stereocenters. The topological polar surface area (TPSA) is 70.2 Å². The predicted octanol–water partition coefficient (Wildman–Crippen LogP) is 1.76. The van der Waals surface area contributed by atoms with Gasteiger partial charge in [-0.25, -0.2) is 4.39 Å². The molecule has 86 valence electrons. The summed E-state index contributed by atoms with van der Waals surface area (Å²) in [6, 6.07) is 1.51. The van der Waals surface area contributed by atoms with Crippen molar-refractivity contribution in [1.82, 2.24) is 4.90 Å². The summed E-state index contributed by atoms with van der Waals surface area (Å²) in [5.74, 6) is -2.79. The molecule has 0 aliphatic carbocycles. The molecule has 0 heterocycles. The van der Waals surface area contributed by atoms with Crippen molar-refractivity contribution in [2.24, 2.45) is 0 Å². The van der Waals surface area contributed by atoms with Crippen LogP contribution in [-0.4, -0.2) is 29.8 Å². The maximum absolute atomic E-state index is 13.5. The molecule has 5 nitrogen and oxygen atoms in total. The summed E-state index contributed by atoms with van der Waals surface area (Å²) in [6.45, 7) is 0. The normalized spacial score (nSPS) is 10.0. The van der Waals surface area contributed by atoms with E-state index >= 15 is 0 Å². The molecule has 0 aliphatic rings. The zero-order chi connectivity index (χ0) is 12.5. The first-order valence-electron chi connectivity index (χ1n) is 4.25. The highest BCUT2D eigenvalue weighted by Gasteiger charge is 2.24. The zero-order valence-corrected chi connectivity index (χ0v) is 8.62. The summed E-state index contributed by atoms with van der Waals surface area (Å²) in [4.78, 5) is 10.6. The molecule has 0 atom stereocenters. The van der Waals surface area contributed by atoms with Crippen LogP contribution in [0.15, 0.2) is 12.1 Å². The molecule has 1 rings (SSSR count). The molecule has 0 radical (unpaired) electrons. The smallest absolute Gasteiger partial charge is 0.305 e. The molecule has 0 bridgehead atoms. The molecule has 1 N–H and O–H groups in total. The van der Waals surface area contributed by atoms with E-state index in [0.29, 0.717) is 0 Å². The summed E-state index contributed by atoms with van der Waals surface area (Å²) in [6.07, 6.45) is 0. The Hall–Kier alpha value is -2.05. The molecule has 1 aromatic carbocycles. The minimum absolute atomic E-state index is 0.460. The van der Waals surface area contributed by atoms with Gasteiger partial charge in [0.1, 0.15) is 11.7 Å². The second-order valence-electron chi connectivity index (χ2n) is 3.26. The van der Waals surface area contributed by atoms with Crippen LogP contribution in [0.3, 0.4) is 0 Å². The number of nitrogens with zero attached hydrogens (tertiary/aromatic N) is 2. The highest BCUT2D eigenvalue weighted by Crippen LogP contribution is 2.23. The number of amidine groups is 1. The van der Waals surface area contributed by atoms with Crippen LogP contribution >= 0.6 is 0 Å². The average molecular weight is 229 g/mol. The fourth-order valence-electron chi connectivity index (χ4n) is 1.12. The van der Waals surface area contributed by atoms with E-state index in [1.54, 1.807) is 0 Å². The lowest BCUT2D eigenvalue weighted by molar-refractivity contribution is -0.387. The minimum Gasteiger partial charge on any atom is -0.363 e. The SMILES string of the molecule is CN(C)C(=N)c1c(F)ccc([N+](=O)[O-])c1F. The fourth-order valence-corrected chi connectivity index (χ4v) is 1.12. The second-order valence-corrected chi connectivity index (χ2v) is 3.26. The second kappa shape index (κ2) is 4.21. The number of benzene rings is 1. The van der Waals surface area contributed by atoms with Crippen molar-refractivity contribution in [2.75, 3.05) is 14.1 Å². The van der Waals surface area contributed by atoms with Gasteiger partial charge in [0.2, 0.25) is 5.82 Å². The highest BCUT2D eigenvalue weighted by atomic mass is 19.1. The Morgan fingerprint density at radius 1 is 1.44 bits per heavy atom. The molecule has 7 heteroatoms. The van der Waals surface area contributed by atoms with Gasteiger partial charge in [0.05, 0.1) is 10.5 Å². The predicted molar refractivity (Wildman–Crippen MR) is 53.5 cm³/mol. The van der Waals surface area contributed by atoms with E-state index < -0.39 is 33.6 Å². The van der Waals surface area contributed by atoms with Crippen molar-refractivity contribution in [3.05, 3.63) is 39.4 Å². The van der Waals surface area contributed by atoms with Crippen LogP contribution in [0.5, 0.6) is 0 Å². The van der Waals surface area contributed by atoms with Gasteiger partial charge in [0.25, 0.3) is 0 Å². The number of rotatable bonds is 2. The van der Waals surface area contributed by atoms with Gasteiger partial charge >= 0.3 is 5.69 Å². The lowest BCUT2D eigenvalue weighted by atomic mass is 10.1. The molecule has 0 fully saturated rings. The van der Waals surface area contributed by atoms with E-state index in [1.165, 1.54) is 14.1 Å². The summed E-state index contributed by atoms with van der Waals surface area (Å²) in [5.41, 5.74) is -1.54. The lowest BCUT2D eigenvalue weighted by Crippen LogP contribution is -2.24. The van der Waals surface area contributed by atoms with E-state index in [-0.39, 0.29) is 0 Å². The molecular formula is C9H9F2N3O2. The Labute approximate surface area is 90.0 Å². The Morgan fingerprint density at radius 3 is 2.44 bits per heavy atom. The molecule has 1 aromatic rings. The highest BCUT2D eigenvalue weighted by molar-refractivity contribution is 5.97. The van der Waals surface area contributed by atoms with Gasteiger partial charge in [0.15, 0.2) is 0 Å². The molecule has 0 spiro atoms. The maximum Gasteiger partial charge on any atom is 0.305 e. The number of hydrogen-bond acceptors (Lipinski definition) is 3. The number of nitro groups is 1. The minimum atomic E-state index is -1.33. The Balaban J connectivity index is 3.43. The fraction of sp³-hybridized carbons (Fsp3) is 0.222.